The van der Waals surface area contributed by atoms with Gasteiger partial charge in [0.15, 0.2) is 0 Å². The highest BCUT2D eigenvalue weighted by Crippen LogP contribution is 2.14. The molecule has 0 fully saturated rings. The smallest absolute Gasteiger partial charge is 0.0486 e. The van der Waals surface area contributed by atoms with E-state index in [1.165, 1.54) is 17.3 Å². The molecule has 1 nitrogen and oxygen atoms in total. The van der Waals surface area contributed by atoms with Gasteiger partial charge in [0.1, 0.15) is 0 Å². The summed E-state index contributed by atoms with van der Waals surface area (Å²) < 4.78 is 2.25. The van der Waals surface area contributed by atoms with E-state index in [1.807, 2.05) is 6.20 Å². The topological polar surface area (TPSA) is 4.93 Å². The number of aryl methyl sites for hydroxylation is 1. The Hall–Kier alpha value is -1.24. The summed E-state index contributed by atoms with van der Waals surface area (Å²) in [5.41, 5.74) is 1.29. The van der Waals surface area contributed by atoms with Crippen molar-refractivity contribution < 1.29 is 0 Å². The fourth-order valence-electron chi connectivity index (χ4n) is 1.49. The van der Waals surface area contributed by atoms with Crippen molar-refractivity contribution in [1.82, 2.24) is 4.57 Å². The van der Waals surface area contributed by atoms with Crippen LogP contribution in [0, 0.1) is 6.07 Å². The summed E-state index contributed by atoms with van der Waals surface area (Å²) in [7, 11) is 0. The largest absolute Gasteiger partial charge is 0.347 e. The summed E-state index contributed by atoms with van der Waals surface area (Å²) in [5, 5.41) is 1.21. The van der Waals surface area contributed by atoms with Gasteiger partial charge in [-0.1, -0.05) is 25.1 Å². The van der Waals surface area contributed by atoms with E-state index in [1.54, 1.807) is 0 Å². The van der Waals surface area contributed by atoms with Crippen molar-refractivity contribution in [3.8, 4) is 0 Å². The number of hydrogen-bond acceptors (Lipinski definition) is 0. The van der Waals surface area contributed by atoms with Crippen molar-refractivity contribution in [1.29, 1.82) is 0 Å². The second-order valence-corrected chi connectivity index (χ2v) is 2.98. The molecule has 0 unspecified atom stereocenters. The lowest BCUT2D eigenvalue weighted by atomic mass is 10.2. The first kappa shape index (κ1) is 7.41. The number of fused-ring (bicyclic) bond motifs is 1. The molecule has 1 aromatic heterocycles. The van der Waals surface area contributed by atoms with E-state index < -0.39 is 0 Å². The van der Waals surface area contributed by atoms with Crippen LogP contribution in [0.25, 0.3) is 10.9 Å². The summed E-state index contributed by atoms with van der Waals surface area (Å²) in [4.78, 5) is 0. The van der Waals surface area contributed by atoms with Crippen LogP contribution in [0.4, 0.5) is 0 Å². The fourth-order valence-corrected chi connectivity index (χ4v) is 1.49. The van der Waals surface area contributed by atoms with E-state index in [-0.39, 0.29) is 0 Å². The Balaban J connectivity index is 2.55. The van der Waals surface area contributed by atoms with Crippen LogP contribution in [-0.4, -0.2) is 4.57 Å². The van der Waals surface area contributed by atoms with Crippen LogP contribution >= 0.6 is 0 Å². The molecule has 0 bridgehead atoms. The Morgan fingerprint density at radius 2 is 2.17 bits per heavy atom. The maximum atomic E-state index is 3.24. The highest BCUT2D eigenvalue weighted by atomic mass is 14.9. The summed E-state index contributed by atoms with van der Waals surface area (Å²) >= 11 is 0. The third-order valence-electron chi connectivity index (χ3n) is 2.05. The molecule has 0 spiro atoms. The number of nitrogens with zero attached hydrogens (tertiary/aromatic N) is 1. The molecule has 1 heterocycles. The molecular formula is C11H12N. The molecule has 1 aromatic carbocycles. The molecule has 0 amide bonds. The highest BCUT2D eigenvalue weighted by Gasteiger charge is 1.97. The van der Waals surface area contributed by atoms with E-state index in [0.29, 0.717) is 0 Å². The monoisotopic (exact) mass is 158 g/mol. The molecule has 0 aliphatic carbocycles. The second kappa shape index (κ2) is 3.02. The van der Waals surface area contributed by atoms with E-state index >= 15 is 0 Å². The lowest BCUT2D eigenvalue weighted by molar-refractivity contribution is 0.703. The van der Waals surface area contributed by atoms with Crippen molar-refractivity contribution in [2.24, 2.45) is 0 Å². The van der Waals surface area contributed by atoms with Crippen molar-refractivity contribution in [2.75, 3.05) is 0 Å². The molecule has 61 valence electrons. The predicted molar refractivity (Wildman–Crippen MR) is 51.1 cm³/mol. The van der Waals surface area contributed by atoms with Crippen molar-refractivity contribution >= 4 is 10.9 Å². The summed E-state index contributed by atoms with van der Waals surface area (Å²) in [6.45, 7) is 3.28. The van der Waals surface area contributed by atoms with E-state index in [0.717, 1.165) is 6.54 Å². The van der Waals surface area contributed by atoms with Gasteiger partial charge in [-0.3, -0.25) is 0 Å². The Bertz CT molecular complexity index is 373. The van der Waals surface area contributed by atoms with Gasteiger partial charge < -0.3 is 4.57 Å². The summed E-state index contributed by atoms with van der Waals surface area (Å²) in [6.07, 6.45) is 3.21. The Morgan fingerprint density at radius 3 is 3.00 bits per heavy atom. The molecule has 2 aromatic rings. The molecule has 1 heteroatoms. The minimum Gasteiger partial charge on any atom is -0.347 e. The van der Waals surface area contributed by atoms with Gasteiger partial charge in [0.25, 0.3) is 0 Å². The Morgan fingerprint density at radius 1 is 1.33 bits per heavy atom. The molecule has 1 radical (unpaired) electrons. The van der Waals surface area contributed by atoms with Crippen molar-refractivity contribution in [3.63, 3.8) is 0 Å². The quantitative estimate of drug-likeness (QED) is 0.633. The Labute approximate surface area is 72.6 Å². The van der Waals surface area contributed by atoms with Crippen LogP contribution in [-0.2, 0) is 6.54 Å². The molecule has 12 heavy (non-hydrogen) atoms. The number of hydrogen-bond donors (Lipinski definition) is 0. The van der Waals surface area contributed by atoms with Gasteiger partial charge >= 0.3 is 0 Å². The number of aromatic nitrogens is 1. The van der Waals surface area contributed by atoms with Gasteiger partial charge in [-0.05, 0) is 12.5 Å². The molecule has 2 rings (SSSR count). The standard InChI is InChI=1S/C11H12N/c1-2-8-12-9-7-10-5-3-4-6-11(10)12/h3-6,9H,2,8H2,1H3. The van der Waals surface area contributed by atoms with Crippen LogP contribution in [0.3, 0.4) is 0 Å². The van der Waals surface area contributed by atoms with Gasteiger partial charge in [0.05, 0.1) is 0 Å². The maximum absolute atomic E-state index is 3.24. The minimum atomic E-state index is 1.09. The normalized spacial score (nSPS) is 10.8. The van der Waals surface area contributed by atoms with Crippen molar-refractivity contribution in [3.05, 3.63) is 36.5 Å². The van der Waals surface area contributed by atoms with Crippen LogP contribution in [0.15, 0.2) is 30.5 Å². The average molecular weight is 158 g/mol. The van der Waals surface area contributed by atoms with E-state index in [2.05, 4.69) is 41.8 Å². The average Bonchev–Trinajstić information content (AvgIpc) is 2.50. The Kier molecular flexibility index (Phi) is 1.86. The maximum Gasteiger partial charge on any atom is 0.0486 e. The van der Waals surface area contributed by atoms with Crippen LogP contribution in [0.5, 0.6) is 0 Å². The van der Waals surface area contributed by atoms with E-state index in [9.17, 15) is 0 Å². The van der Waals surface area contributed by atoms with Gasteiger partial charge in [-0.15, -0.1) is 0 Å². The van der Waals surface area contributed by atoms with Crippen LogP contribution in [0.1, 0.15) is 13.3 Å². The molecule has 0 saturated heterocycles. The number of rotatable bonds is 2. The zero-order valence-electron chi connectivity index (χ0n) is 7.25. The first-order chi connectivity index (χ1) is 5.92. The first-order valence-electron chi connectivity index (χ1n) is 4.37. The van der Waals surface area contributed by atoms with Crippen LogP contribution in [0.2, 0.25) is 0 Å². The lowest BCUT2D eigenvalue weighted by Crippen LogP contribution is -1.92. The first-order valence-corrected chi connectivity index (χ1v) is 4.37. The number of para-hydroxylation sites is 1. The molecule has 0 saturated carbocycles. The number of benzene rings is 1. The van der Waals surface area contributed by atoms with Crippen LogP contribution < -0.4 is 0 Å². The van der Waals surface area contributed by atoms with E-state index in [4.69, 9.17) is 0 Å². The predicted octanol–water partition coefficient (Wildman–Crippen LogP) is 2.85. The zero-order chi connectivity index (χ0) is 8.39. The molecular weight excluding hydrogens is 146 g/mol. The molecule has 0 aliphatic rings. The minimum absolute atomic E-state index is 1.09. The third kappa shape index (κ3) is 1.11. The van der Waals surface area contributed by atoms with Gasteiger partial charge in [0.2, 0.25) is 0 Å². The summed E-state index contributed by atoms with van der Waals surface area (Å²) in [5.74, 6) is 0. The summed E-state index contributed by atoms with van der Waals surface area (Å²) in [6, 6.07) is 11.6. The molecule has 0 atom stereocenters. The molecule has 0 N–H and O–H groups in total. The SMILES string of the molecule is CCCn1c[c]c2ccccc21. The van der Waals surface area contributed by atoms with Gasteiger partial charge in [-0.25, -0.2) is 0 Å². The highest BCUT2D eigenvalue weighted by molar-refractivity contribution is 5.79. The second-order valence-electron chi connectivity index (χ2n) is 2.98. The lowest BCUT2D eigenvalue weighted by Gasteiger charge is -2.01. The third-order valence-corrected chi connectivity index (χ3v) is 2.05. The fraction of sp³-hybridized carbons (Fsp3) is 0.273. The van der Waals surface area contributed by atoms with Gasteiger partial charge in [0, 0.05) is 29.7 Å². The zero-order valence-corrected chi connectivity index (χ0v) is 7.25. The molecule has 0 aliphatic heterocycles. The van der Waals surface area contributed by atoms with Crippen molar-refractivity contribution in [2.45, 2.75) is 19.9 Å². The van der Waals surface area contributed by atoms with Gasteiger partial charge in [-0.2, -0.15) is 0 Å².